The monoisotopic (exact) mass is 424 g/mol. The quantitative estimate of drug-likeness (QED) is 0.447. The third-order valence-corrected chi connectivity index (χ3v) is 4.60. The van der Waals surface area contributed by atoms with Crippen LogP contribution in [-0.2, 0) is 20.7 Å². The van der Waals surface area contributed by atoms with Crippen molar-refractivity contribution < 1.29 is 23.7 Å². The Kier molecular flexibility index (Phi) is 8.33. The zero-order chi connectivity index (χ0) is 23.0. The highest BCUT2D eigenvalue weighted by atomic mass is 16.5. The zero-order valence-corrected chi connectivity index (χ0v) is 18.2. The minimum Gasteiger partial charge on any atom is -0.490 e. The molecule has 1 aromatic rings. The van der Waals surface area contributed by atoms with E-state index in [2.05, 4.69) is 19.2 Å². The van der Waals surface area contributed by atoms with E-state index in [0.717, 1.165) is 5.56 Å². The van der Waals surface area contributed by atoms with E-state index in [9.17, 15) is 10.1 Å². The summed E-state index contributed by atoms with van der Waals surface area (Å²) in [5.41, 5.74) is 7.77. The molecule has 1 atom stereocenters. The van der Waals surface area contributed by atoms with Gasteiger partial charge in [0.05, 0.1) is 24.7 Å². The molecule has 0 amide bonds. The van der Waals surface area contributed by atoms with Crippen LogP contribution in [-0.4, -0.2) is 25.8 Å². The van der Waals surface area contributed by atoms with Gasteiger partial charge in [-0.3, -0.25) is 0 Å². The first-order chi connectivity index (χ1) is 14.9. The summed E-state index contributed by atoms with van der Waals surface area (Å²) in [4.78, 5) is 12.8. The Morgan fingerprint density at radius 3 is 2.58 bits per heavy atom. The molecule has 0 bridgehead atoms. The highest BCUT2D eigenvalue weighted by Crippen LogP contribution is 2.44. The van der Waals surface area contributed by atoms with Gasteiger partial charge in [-0.25, -0.2) is 4.79 Å². The van der Waals surface area contributed by atoms with E-state index < -0.39 is 11.9 Å². The standard InChI is InChI=1S/C24H28N2O5/c1-6-10-16-12-17(13-19(28-8-3)22(16)30-11-7-2)21-18(14-25)23(26)31-15(5)20(21)24(27)29-9-4/h6-7,12-13,21H,1-2,8-11,26H2,3-5H3. The molecule has 0 aliphatic carbocycles. The summed E-state index contributed by atoms with van der Waals surface area (Å²) >= 11 is 0. The van der Waals surface area contributed by atoms with Crippen LogP contribution in [0.3, 0.4) is 0 Å². The minimum absolute atomic E-state index is 0.0479. The van der Waals surface area contributed by atoms with Gasteiger partial charge < -0.3 is 24.7 Å². The Morgan fingerprint density at radius 2 is 2.00 bits per heavy atom. The summed E-state index contributed by atoms with van der Waals surface area (Å²) in [6, 6.07) is 5.69. The lowest BCUT2D eigenvalue weighted by atomic mass is 9.82. The Hall–Kier alpha value is -3.66. The third kappa shape index (κ3) is 5.10. The first-order valence-corrected chi connectivity index (χ1v) is 10.0. The molecule has 7 heteroatoms. The summed E-state index contributed by atoms with van der Waals surface area (Å²) in [7, 11) is 0. The van der Waals surface area contributed by atoms with Crippen LogP contribution >= 0.6 is 0 Å². The Morgan fingerprint density at radius 1 is 1.26 bits per heavy atom. The number of nitrogens with zero attached hydrogens (tertiary/aromatic N) is 1. The molecule has 0 fully saturated rings. The molecule has 1 unspecified atom stereocenters. The summed E-state index contributed by atoms with van der Waals surface area (Å²) < 4.78 is 22.4. The van der Waals surface area contributed by atoms with Crippen LogP contribution in [0, 0.1) is 11.3 Å². The summed E-state index contributed by atoms with van der Waals surface area (Å²) in [5, 5.41) is 9.80. The van der Waals surface area contributed by atoms with Crippen molar-refractivity contribution in [3.63, 3.8) is 0 Å². The number of nitrogens with two attached hydrogens (primary N) is 1. The second kappa shape index (κ2) is 10.9. The Balaban J connectivity index is 2.77. The molecule has 7 nitrogen and oxygen atoms in total. The number of carbonyl (C=O) groups is 1. The molecular formula is C24H28N2O5. The van der Waals surface area contributed by atoms with Crippen LogP contribution in [0.4, 0.5) is 0 Å². The molecule has 0 aromatic heterocycles. The average Bonchev–Trinajstić information content (AvgIpc) is 2.73. The van der Waals surface area contributed by atoms with Gasteiger partial charge in [-0.1, -0.05) is 24.8 Å². The minimum atomic E-state index is -0.769. The fraction of sp³-hybridized carbons (Fsp3) is 0.333. The topological polar surface area (TPSA) is 104 Å². The van der Waals surface area contributed by atoms with Crippen LogP contribution < -0.4 is 15.2 Å². The van der Waals surface area contributed by atoms with Gasteiger partial charge in [0.2, 0.25) is 5.88 Å². The zero-order valence-electron chi connectivity index (χ0n) is 18.2. The van der Waals surface area contributed by atoms with Crippen LogP contribution in [0.25, 0.3) is 0 Å². The van der Waals surface area contributed by atoms with Crippen molar-refractivity contribution in [2.24, 2.45) is 5.73 Å². The number of rotatable bonds is 10. The summed E-state index contributed by atoms with van der Waals surface area (Å²) in [6.07, 6.45) is 3.87. The Labute approximate surface area is 183 Å². The smallest absolute Gasteiger partial charge is 0.338 e. The predicted octanol–water partition coefficient (Wildman–Crippen LogP) is 4.02. The van der Waals surface area contributed by atoms with Gasteiger partial charge in [0, 0.05) is 5.56 Å². The maximum Gasteiger partial charge on any atom is 0.338 e. The lowest BCUT2D eigenvalue weighted by Gasteiger charge is -2.28. The number of carbonyl (C=O) groups excluding carboxylic acids is 1. The van der Waals surface area contributed by atoms with Crippen molar-refractivity contribution >= 4 is 5.97 Å². The molecular weight excluding hydrogens is 396 g/mol. The number of nitriles is 1. The fourth-order valence-corrected chi connectivity index (χ4v) is 3.41. The number of hydrogen-bond acceptors (Lipinski definition) is 7. The molecule has 0 saturated carbocycles. The average molecular weight is 424 g/mol. The highest BCUT2D eigenvalue weighted by molar-refractivity contribution is 5.92. The Bertz CT molecular complexity index is 969. The molecule has 1 aromatic carbocycles. The highest BCUT2D eigenvalue weighted by Gasteiger charge is 2.37. The first-order valence-electron chi connectivity index (χ1n) is 10.0. The number of esters is 1. The van der Waals surface area contributed by atoms with Crippen molar-refractivity contribution in [1.29, 1.82) is 5.26 Å². The largest absolute Gasteiger partial charge is 0.490 e. The van der Waals surface area contributed by atoms with Crippen LogP contribution in [0.1, 0.15) is 37.8 Å². The van der Waals surface area contributed by atoms with E-state index in [1.807, 2.05) is 13.0 Å². The molecule has 1 aliphatic rings. The van der Waals surface area contributed by atoms with Crippen molar-refractivity contribution in [1.82, 2.24) is 0 Å². The second-order valence-corrected chi connectivity index (χ2v) is 6.65. The molecule has 2 N–H and O–H groups in total. The SMILES string of the molecule is C=CCOc1c(CC=C)cc(C2C(C#N)=C(N)OC(C)=C2C(=O)OCC)cc1OCC. The van der Waals surface area contributed by atoms with Gasteiger partial charge in [-0.2, -0.15) is 5.26 Å². The van der Waals surface area contributed by atoms with Gasteiger partial charge in [-0.05, 0) is 38.8 Å². The fourth-order valence-electron chi connectivity index (χ4n) is 3.41. The van der Waals surface area contributed by atoms with E-state index >= 15 is 0 Å². The molecule has 0 spiro atoms. The lowest BCUT2D eigenvalue weighted by Crippen LogP contribution is -2.25. The van der Waals surface area contributed by atoms with Crippen molar-refractivity contribution in [3.8, 4) is 17.6 Å². The van der Waals surface area contributed by atoms with Gasteiger partial charge in [0.25, 0.3) is 0 Å². The maximum absolute atomic E-state index is 12.8. The number of ether oxygens (including phenoxy) is 4. The third-order valence-electron chi connectivity index (χ3n) is 4.60. The van der Waals surface area contributed by atoms with E-state index in [4.69, 9.17) is 24.7 Å². The molecule has 1 aliphatic heterocycles. The molecule has 0 saturated heterocycles. The molecule has 31 heavy (non-hydrogen) atoms. The van der Waals surface area contributed by atoms with E-state index in [0.29, 0.717) is 36.7 Å². The van der Waals surface area contributed by atoms with E-state index in [-0.39, 0.29) is 29.4 Å². The van der Waals surface area contributed by atoms with Gasteiger partial charge in [0.15, 0.2) is 11.5 Å². The lowest BCUT2D eigenvalue weighted by molar-refractivity contribution is -0.139. The number of benzene rings is 1. The second-order valence-electron chi connectivity index (χ2n) is 6.65. The van der Waals surface area contributed by atoms with E-state index in [1.54, 1.807) is 32.1 Å². The van der Waals surface area contributed by atoms with Gasteiger partial charge in [-0.15, -0.1) is 6.58 Å². The van der Waals surface area contributed by atoms with Crippen LogP contribution in [0.2, 0.25) is 0 Å². The normalized spacial score (nSPS) is 15.6. The van der Waals surface area contributed by atoms with Crippen molar-refractivity contribution in [2.45, 2.75) is 33.1 Å². The number of hydrogen-bond donors (Lipinski definition) is 1. The molecule has 0 radical (unpaired) electrons. The van der Waals surface area contributed by atoms with E-state index in [1.165, 1.54) is 0 Å². The summed E-state index contributed by atoms with van der Waals surface area (Å²) in [5.74, 6) is -0.0499. The first kappa shape index (κ1) is 23.6. The van der Waals surface area contributed by atoms with Crippen molar-refractivity contribution in [2.75, 3.05) is 19.8 Å². The van der Waals surface area contributed by atoms with Gasteiger partial charge >= 0.3 is 5.97 Å². The van der Waals surface area contributed by atoms with Gasteiger partial charge in [0.1, 0.15) is 24.0 Å². The van der Waals surface area contributed by atoms with Crippen molar-refractivity contribution in [3.05, 3.63) is 71.4 Å². The summed E-state index contributed by atoms with van der Waals surface area (Å²) in [6.45, 7) is 13.6. The molecule has 164 valence electrons. The predicted molar refractivity (Wildman–Crippen MR) is 117 cm³/mol. The van der Waals surface area contributed by atoms with Crippen LogP contribution in [0.15, 0.2) is 60.2 Å². The molecule has 2 rings (SSSR count). The number of allylic oxidation sites excluding steroid dienone is 3. The van der Waals surface area contributed by atoms with Crippen LogP contribution in [0.5, 0.6) is 11.5 Å². The maximum atomic E-state index is 12.8. The molecule has 1 heterocycles.